The molecule has 0 saturated carbocycles. The molecule has 0 amide bonds. The van der Waals surface area contributed by atoms with Crippen molar-refractivity contribution in [2.75, 3.05) is 52.4 Å². The lowest BCUT2D eigenvalue weighted by atomic mass is 9.94. The molecular weight excluding hydrogens is 324 g/mol. The third-order valence-electron chi connectivity index (χ3n) is 7.21. The minimum Gasteiger partial charge on any atom is -0.315 e. The highest BCUT2D eigenvalue weighted by Gasteiger charge is 2.30. The second-order valence-electron chi connectivity index (χ2n) is 8.94. The highest BCUT2D eigenvalue weighted by atomic mass is 15.1. The minimum absolute atomic E-state index is 0.804. The first-order valence-corrected chi connectivity index (χ1v) is 11.2. The monoisotopic (exact) mass is 364 g/mol. The fraction of sp³-hybridized carbons (Fsp3) is 1.00. The van der Waals surface area contributed by atoms with Crippen LogP contribution in [-0.2, 0) is 0 Å². The van der Waals surface area contributed by atoms with Crippen LogP contribution >= 0.6 is 0 Å². The van der Waals surface area contributed by atoms with Crippen molar-refractivity contribution in [2.45, 2.75) is 62.7 Å². The van der Waals surface area contributed by atoms with Crippen LogP contribution in [-0.4, -0.2) is 76.5 Å². The molecule has 6 N–H and O–H groups in total. The summed E-state index contributed by atoms with van der Waals surface area (Å²) in [5.74, 6) is 1.90. The summed E-state index contributed by atoms with van der Waals surface area (Å²) in [5, 5.41) is 20.8. The first kappa shape index (κ1) is 19.1. The molecule has 0 spiro atoms. The molecule has 6 heteroatoms. The molecule has 6 aliphatic rings. The van der Waals surface area contributed by atoms with Gasteiger partial charge < -0.3 is 31.9 Å². The second kappa shape index (κ2) is 9.80. The van der Waals surface area contributed by atoms with Crippen LogP contribution < -0.4 is 31.9 Å². The second-order valence-corrected chi connectivity index (χ2v) is 8.94. The topological polar surface area (TPSA) is 72.2 Å². The van der Waals surface area contributed by atoms with E-state index in [4.69, 9.17) is 0 Å². The molecule has 6 aliphatic heterocycles. The molecule has 0 radical (unpaired) electrons. The molecule has 26 heavy (non-hydrogen) atoms. The molecule has 0 aromatic carbocycles. The molecule has 0 aliphatic carbocycles. The third-order valence-corrected chi connectivity index (χ3v) is 7.21. The molecule has 6 fully saturated rings. The molecule has 150 valence electrons. The van der Waals surface area contributed by atoms with E-state index in [2.05, 4.69) is 31.9 Å². The minimum atomic E-state index is 0.804. The summed E-state index contributed by atoms with van der Waals surface area (Å²) in [7, 11) is 0. The Morgan fingerprint density at radius 1 is 0.423 bits per heavy atom. The van der Waals surface area contributed by atoms with E-state index in [1.165, 1.54) is 90.9 Å². The van der Waals surface area contributed by atoms with Gasteiger partial charge in [0.05, 0.1) is 0 Å². The molecule has 0 aromatic rings. The van der Waals surface area contributed by atoms with Crippen LogP contribution in [0.1, 0.15) is 38.5 Å². The highest BCUT2D eigenvalue weighted by Crippen LogP contribution is 2.19. The smallest absolute Gasteiger partial charge is 0.0233 e. The standard InChI is InChI=1S/2C7H14N2.C6H12N2/c1-2-6-7(8-4-1)3-5-9-6;1-2-6-4-8-5-7(6)9-3-1;1-2-8-6-4-7-3-5(1)6/h2*6-9H,1-5H2;5-8H,1-4H2. The van der Waals surface area contributed by atoms with Crippen LogP contribution in [0.5, 0.6) is 0 Å². The summed E-state index contributed by atoms with van der Waals surface area (Å²) in [5.41, 5.74) is 0. The fourth-order valence-corrected chi connectivity index (χ4v) is 5.58. The van der Waals surface area contributed by atoms with Crippen molar-refractivity contribution in [1.82, 2.24) is 31.9 Å². The van der Waals surface area contributed by atoms with Gasteiger partial charge in [-0.3, -0.25) is 0 Å². The van der Waals surface area contributed by atoms with Crippen LogP contribution in [0.3, 0.4) is 0 Å². The van der Waals surface area contributed by atoms with Crippen LogP contribution in [0.2, 0.25) is 0 Å². The highest BCUT2D eigenvalue weighted by molar-refractivity contribution is 4.92. The van der Waals surface area contributed by atoms with Crippen molar-refractivity contribution >= 4 is 0 Å². The van der Waals surface area contributed by atoms with E-state index in [0.29, 0.717) is 0 Å². The fourth-order valence-electron chi connectivity index (χ4n) is 5.58. The SMILES string of the molecule is C1CC2CNCC2N1.C1CNC2CCNC2C1.C1CNC2CNCC2C1. The van der Waals surface area contributed by atoms with Crippen LogP contribution in [0, 0.1) is 11.8 Å². The number of fused-ring (bicyclic) bond motifs is 3. The largest absolute Gasteiger partial charge is 0.315 e. The number of hydrogen-bond acceptors (Lipinski definition) is 6. The zero-order valence-corrected chi connectivity index (χ0v) is 16.4. The van der Waals surface area contributed by atoms with Gasteiger partial charge in [-0.15, -0.1) is 0 Å². The maximum Gasteiger partial charge on any atom is 0.0233 e. The van der Waals surface area contributed by atoms with Gasteiger partial charge in [-0.05, 0) is 89.6 Å². The van der Waals surface area contributed by atoms with E-state index in [9.17, 15) is 0 Å². The number of rotatable bonds is 0. The van der Waals surface area contributed by atoms with Crippen molar-refractivity contribution in [3.05, 3.63) is 0 Å². The first-order valence-electron chi connectivity index (χ1n) is 11.2. The zero-order valence-electron chi connectivity index (χ0n) is 16.4. The lowest BCUT2D eigenvalue weighted by molar-refractivity contribution is 0.339. The van der Waals surface area contributed by atoms with Gasteiger partial charge in [-0.25, -0.2) is 0 Å². The van der Waals surface area contributed by atoms with Crippen molar-refractivity contribution in [3.8, 4) is 0 Å². The molecule has 6 saturated heterocycles. The van der Waals surface area contributed by atoms with Gasteiger partial charge in [0.15, 0.2) is 0 Å². The summed E-state index contributed by atoms with van der Waals surface area (Å²) in [6.07, 6.45) is 8.28. The summed E-state index contributed by atoms with van der Waals surface area (Å²) in [6.45, 7) is 9.84. The van der Waals surface area contributed by atoms with E-state index < -0.39 is 0 Å². The first-order chi connectivity index (χ1) is 12.9. The third kappa shape index (κ3) is 4.97. The van der Waals surface area contributed by atoms with Crippen LogP contribution in [0.15, 0.2) is 0 Å². The molecule has 6 heterocycles. The Labute approximate surface area is 159 Å². The lowest BCUT2D eigenvalue weighted by Crippen LogP contribution is -2.45. The van der Waals surface area contributed by atoms with Crippen LogP contribution in [0.4, 0.5) is 0 Å². The van der Waals surface area contributed by atoms with E-state index in [0.717, 1.165) is 36.0 Å². The van der Waals surface area contributed by atoms with Gasteiger partial charge >= 0.3 is 0 Å². The molecule has 6 rings (SSSR count). The maximum atomic E-state index is 3.52. The lowest BCUT2D eigenvalue weighted by Gasteiger charge is -2.25. The van der Waals surface area contributed by atoms with Crippen LogP contribution in [0.25, 0.3) is 0 Å². The Kier molecular flexibility index (Phi) is 7.20. The summed E-state index contributed by atoms with van der Waals surface area (Å²) in [6, 6.07) is 3.23. The van der Waals surface area contributed by atoms with E-state index in [1.807, 2.05) is 0 Å². The normalized spacial score (nSPS) is 43.4. The Morgan fingerprint density at radius 3 is 1.65 bits per heavy atom. The molecule has 6 unspecified atom stereocenters. The van der Waals surface area contributed by atoms with Gasteiger partial charge in [0.1, 0.15) is 0 Å². The van der Waals surface area contributed by atoms with Gasteiger partial charge in [0.2, 0.25) is 0 Å². The zero-order chi connectivity index (χ0) is 17.6. The number of nitrogens with one attached hydrogen (secondary N) is 6. The van der Waals surface area contributed by atoms with Gasteiger partial charge in [-0.1, -0.05) is 0 Å². The molecule has 6 atom stereocenters. The van der Waals surface area contributed by atoms with E-state index >= 15 is 0 Å². The summed E-state index contributed by atoms with van der Waals surface area (Å²) < 4.78 is 0. The van der Waals surface area contributed by atoms with Gasteiger partial charge in [-0.2, -0.15) is 0 Å². The van der Waals surface area contributed by atoms with Gasteiger partial charge in [0.25, 0.3) is 0 Å². The van der Waals surface area contributed by atoms with E-state index in [1.54, 1.807) is 0 Å². The quantitative estimate of drug-likeness (QED) is 0.352. The molecule has 6 nitrogen and oxygen atoms in total. The summed E-state index contributed by atoms with van der Waals surface area (Å²) in [4.78, 5) is 0. The maximum absolute atomic E-state index is 3.52. The predicted octanol–water partition coefficient (Wildman–Crippen LogP) is -0.374. The Bertz CT molecular complexity index is 349. The average molecular weight is 365 g/mol. The Morgan fingerprint density at radius 2 is 0.962 bits per heavy atom. The molecule has 0 aromatic heterocycles. The number of piperidine rings is 2. The van der Waals surface area contributed by atoms with Crippen molar-refractivity contribution < 1.29 is 0 Å². The molecule has 0 bridgehead atoms. The summed E-state index contributed by atoms with van der Waals surface area (Å²) >= 11 is 0. The van der Waals surface area contributed by atoms with Gasteiger partial charge in [0, 0.05) is 37.3 Å². The van der Waals surface area contributed by atoms with Crippen molar-refractivity contribution in [3.63, 3.8) is 0 Å². The average Bonchev–Trinajstić information content (AvgIpc) is 3.46. The van der Waals surface area contributed by atoms with Crippen molar-refractivity contribution in [2.24, 2.45) is 11.8 Å². The Hall–Kier alpha value is -0.240. The van der Waals surface area contributed by atoms with E-state index in [-0.39, 0.29) is 0 Å². The van der Waals surface area contributed by atoms with Crippen molar-refractivity contribution in [1.29, 1.82) is 0 Å². The predicted molar refractivity (Wildman–Crippen MR) is 108 cm³/mol. The molecular formula is C20H40N6. The Balaban J connectivity index is 0.0000000972. The number of hydrogen-bond donors (Lipinski definition) is 6.